The third-order valence-electron chi connectivity index (χ3n) is 5.53. The van der Waals surface area contributed by atoms with E-state index in [0.717, 1.165) is 29.1 Å². The lowest BCUT2D eigenvalue weighted by Crippen LogP contribution is -2.52. The van der Waals surface area contributed by atoms with E-state index in [-0.39, 0.29) is 24.2 Å². The Labute approximate surface area is 182 Å². The Morgan fingerprint density at radius 2 is 1.84 bits per heavy atom. The molecule has 10 heteroatoms. The molecule has 2 aromatic rings. The number of nitrogens with one attached hydrogen (secondary N) is 2. The number of benzene rings is 2. The van der Waals surface area contributed by atoms with Crippen LogP contribution >= 0.6 is 0 Å². The summed E-state index contributed by atoms with van der Waals surface area (Å²) in [7, 11) is 0. The number of carbonyl (C=O) groups is 2. The number of hydrazone groups is 1. The van der Waals surface area contributed by atoms with E-state index in [1.54, 1.807) is 5.01 Å². The first-order chi connectivity index (χ1) is 15.2. The number of aryl methyl sites for hydroxylation is 1. The van der Waals surface area contributed by atoms with Crippen molar-refractivity contribution in [2.45, 2.75) is 38.0 Å². The van der Waals surface area contributed by atoms with Gasteiger partial charge in [0, 0.05) is 5.69 Å². The largest absolute Gasteiger partial charge is 0.416 e. The van der Waals surface area contributed by atoms with E-state index in [0.29, 0.717) is 6.42 Å². The van der Waals surface area contributed by atoms with Crippen LogP contribution in [0.25, 0.3) is 0 Å². The molecule has 2 aliphatic rings. The van der Waals surface area contributed by atoms with Gasteiger partial charge in [-0.2, -0.15) is 18.3 Å². The number of hydrogen-bond donors (Lipinski definition) is 2. The fraction of sp³-hybridized carbons (Fsp3) is 0.318. The number of fused-ring (bicyclic) bond motifs is 1. The number of alkyl halides is 3. The summed E-state index contributed by atoms with van der Waals surface area (Å²) in [6.45, 7) is 1.75. The van der Waals surface area contributed by atoms with Crippen LogP contribution in [0.15, 0.2) is 53.6 Å². The number of amides is 2. The Balaban J connectivity index is 1.36. The van der Waals surface area contributed by atoms with E-state index < -0.39 is 23.7 Å². The van der Waals surface area contributed by atoms with Crippen molar-refractivity contribution >= 4 is 23.8 Å². The van der Waals surface area contributed by atoms with E-state index in [1.165, 1.54) is 24.0 Å². The second kappa shape index (κ2) is 8.62. The average molecular weight is 445 g/mol. The second-order valence-electron chi connectivity index (χ2n) is 7.69. The standard InChI is InChI=1S/C22H22F3N5O2/c1-2-14-3-5-15(6-4-14)18-11-19-21(32)29(26-13-30(19)28-18)12-20(31)27-17-9-7-16(8-10-17)22(23,24)25/h3-10,13,18-19,28H,2,11-12H2,1H3,(H,27,31). The highest BCUT2D eigenvalue weighted by Crippen LogP contribution is 2.31. The molecule has 2 aromatic carbocycles. The molecular weight excluding hydrogens is 423 g/mol. The molecule has 0 saturated carbocycles. The minimum absolute atomic E-state index is 0.0535. The van der Waals surface area contributed by atoms with Crippen LogP contribution in [0, 0.1) is 0 Å². The Hall–Kier alpha value is -3.40. The number of nitrogens with zero attached hydrogens (tertiary/aromatic N) is 3. The summed E-state index contributed by atoms with van der Waals surface area (Å²) in [6, 6.07) is 11.7. The summed E-state index contributed by atoms with van der Waals surface area (Å²) < 4.78 is 38.0. The van der Waals surface area contributed by atoms with Crippen LogP contribution < -0.4 is 10.7 Å². The third kappa shape index (κ3) is 4.59. The van der Waals surface area contributed by atoms with Gasteiger partial charge < -0.3 is 5.32 Å². The first-order valence-corrected chi connectivity index (χ1v) is 10.2. The van der Waals surface area contributed by atoms with Crippen molar-refractivity contribution in [3.8, 4) is 0 Å². The molecule has 7 nitrogen and oxygen atoms in total. The summed E-state index contributed by atoms with van der Waals surface area (Å²) in [4.78, 5) is 25.2. The Morgan fingerprint density at radius 3 is 2.47 bits per heavy atom. The molecule has 1 fully saturated rings. The van der Waals surface area contributed by atoms with Crippen molar-refractivity contribution in [3.63, 3.8) is 0 Å². The molecule has 4 rings (SSSR count). The second-order valence-corrected chi connectivity index (χ2v) is 7.69. The molecule has 0 aromatic heterocycles. The fourth-order valence-electron chi connectivity index (χ4n) is 3.73. The first kappa shape index (κ1) is 21.8. The summed E-state index contributed by atoms with van der Waals surface area (Å²) in [6.07, 6.45) is -1.51. The highest BCUT2D eigenvalue weighted by atomic mass is 19.4. The van der Waals surface area contributed by atoms with Gasteiger partial charge >= 0.3 is 6.18 Å². The van der Waals surface area contributed by atoms with Gasteiger partial charge in [-0.1, -0.05) is 31.2 Å². The maximum Gasteiger partial charge on any atom is 0.416 e. The van der Waals surface area contributed by atoms with Crippen molar-refractivity contribution < 1.29 is 22.8 Å². The number of hydrogen-bond acceptors (Lipinski definition) is 5. The van der Waals surface area contributed by atoms with E-state index in [9.17, 15) is 22.8 Å². The number of carbonyl (C=O) groups excluding carboxylic acids is 2. The molecule has 2 atom stereocenters. The summed E-state index contributed by atoms with van der Waals surface area (Å²) in [5, 5.41) is 9.26. The van der Waals surface area contributed by atoms with Gasteiger partial charge in [-0.15, -0.1) is 0 Å². The van der Waals surface area contributed by atoms with Crippen molar-refractivity contribution in [2.24, 2.45) is 5.10 Å². The van der Waals surface area contributed by atoms with E-state index in [2.05, 4.69) is 34.9 Å². The quantitative estimate of drug-likeness (QED) is 0.741. The van der Waals surface area contributed by atoms with Crippen molar-refractivity contribution in [1.82, 2.24) is 15.4 Å². The zero-order valence-corrected chi connectivity index (χ0v) is 17.3. The molecule has 0 aliphatic carbocycles. The van der Waals surface area contributed by atoms with Gasteiger partial charge in [-0.05, 0) is 48.2 Å². The molecule has 32 heavy (non-hydrogen) atoms. The summed E-state index contributed by atoms with van der Waals surface area (Å²) in [5.41, 5.74) is 4.94. The molecule has 0 radical (unpaired) electrons. The molecule has 168 valence electrons. The van der Waals surface area contributed by atoms with Crippen LogP contribution in [0.4, 0.5) is 18.9 Å². The monoisotopic (exact) mass is 445 g/mol. The van der Waals surface area contributed by atoms with Crippen molar-refractivity contribution in [1.29, 1.82) is 0 Å². The molecule has 0 spiro atoms. The van der Waals surface area contributed by atoms with Crippen LogP contribution in [0.5, 0.6) is 0 Å². The molecule has 0 bridgehead atoms. The van der Waals surface area contributed by atoms with Crippen LogP contribution in [0.2, 0.25) is 0 Å². The first-order valence-electron chi connectivity index (χ1n) is 10.2. The Morgan fingerprint density at radius 1 is 1.16 bits per heavy atom. The fourth-order valence-corrected chi connectivity index (χ4v) is 3.73. The topological polar surface area (TPSA) is 77.0 Å². The van der Waals surface area contributed by atoms with Gasteiger partial charge in [0.15, 0.2) is 0 Å². The van der Waals surface area contributed by atoms with Gasteiger partial charge in [-0.25, -0.2) is 10.4 Å². The highest BCUT2D eigenvalue weighted by molar-refractivity contribution is 5.96. The maximum atomic E-state index is 12.9. The maximum absolute atomic E-state index is 12.9. The minimum atomic E-state index is -4.45. The van der Waals surface area contributed by atoms with E-state index in [4.69, 9.17) is 0 Å². The summed E-state index contributed by atoms with van der Waals surface area (Å²) >= 11 is 0. The van der Waals surface area contributed by atoms with Crippen molar-refractivity contribution in [2.75, 3.05) is 11.9 Å². The zero-order chi connectivity index (χ0) is 22.9. The Bertz CT molecular complexity index is 1020. The number of halogens is 3. The Kier molecular flexibility index (Phi) is 5.88. The predicted octanol–water partition coefficient (Wildman–Crippen LogP) is 3.31. The van der Waals surface area contributed by atoms with Crippen molar-refractivity contribution in [3.05, 3.63) is 65.2 Å². The van der Waals surface area contributed by atoms with Gasteiger partial charge in [0.05, 0.1) is 11.6 Å². The lowest BCUT2D eigenvalue weighted by molar-refractivity contribution is -0.139. The predicted molar refractivity (Wildman–Crippen MR) is 112 cm³/mol. The van der Waals surface area contributed by atoms with Crippen LogP contribution in [0.3, 0.4) is 0 Å². The lowest BCUT2D eigenvalue weighted by atomic mass is 9.99. The minimum Gasteiger partial charge on any atom is -0.324 e. The molecule has 1 saturated heterocycles. The average Bonchev–Trinajstić information content (AvgIpc) is 3.21. The van der Waals surface area contributed by atoms with E-state index in [1.807, 2.05) is 12.1 Å². The lowest BCUT2D eigenvalue weighted by Gasteiger charge is -2.29. The normalized spacial score (nSPS) is 20.4. The number of hydrazine groups is 1. The highest BCUT2D eigenvalue weighted by Gasteiger charge is 2.41. The number of rotatable bonds is 5. The molecule has 2 unspecified atom stereocenters. The van der Waals surface area contributed by atoms with Gasteiger partial charge in [0.25, 0.3) is 5.91 Å². The molecular formula is C22H22F3N5O2. The smallest absolute Gasteiger partial charge is 0.324 e. The summed E-state index contributed by atoms with van der Waals surface area (Å²) in [5.74, 6) is -0.878. The van der Waals surface area contributed by atoms with Gasteiger partial charge in [0.1, 0.15) is 18.9 Å². The van der Waals surface area contributed by atoms with Crippen LogP contribution in [-0.2, 0) is 22.2 Å². The van der Waals surface area contributed by atoms with Gasteiger partial charge in [-0.3, -0.25) is 14.6 Å². The van der Waals surface area contributed by atoms with Gasteiger partial charge in [0.2, 0.25) is 5.91 Å². The zero-order valence-electron chi connectivity index (χ0n) is 17.3. The number of anilines is 1. The third-order valence-corrected chi connectivity index (χ3v) is 5.53. The van der Waals surface area contributed by atoms with Crippen LogP contribution in [0.1, 0.15) is 36.1 Å². The van der Waals surface area contributed by atoms with Crippen LogP contribution in [-0.4, -0.2) is 40.8 Å². The molecule has 2 heterocycles. The molecule has 2 N–H and O–H groups in total. The molecule has 2 amide bonds. The van der Waals surface area contributed by atoms with E-state index >= 15 is 0 Å². The SMILES string of the molecule is CCc1ccc(C2CC3C(=O)N(CC(=O)Nc4ccc(C(F)(F)F)cc4)N=CN3N2)cc1. The molecule has 2 aliphatic heterocycles.